The fourth-order valence-electron chi connectivity index (χ4n) is 1.89. The molecule has 1 aliphatic heterocycles. The molecule has 4 nitrogen and oxygen atoms in total. The summed E-state index contributed by atoms with van der Waals surface area (Å²) in [5.74, 6) is 0. The molecule has 1 saturated heterocycles. The van der Waals surface area contributed by atoms with Crippen molar-refractivity contribution in [3.63, 3.8) is 0 Å². The van der Waals surface area contributed by atoms with Gasteiger partial charge in [-0.3, -0.25) is 4.55 Å². The molecule has 0 amide bonds. The van der Waals surface area contributed by atoms with Crippen molar-refractivity contribution >= 4 is 29.2 Å². The second-order valence-corrected chi connectivity index (χ2v) is 5.60. The van der Waals surface area contributed by atoms with Crippen LogP contribution < -0.4 is 0 Å². The molecule has 1 heterocycles. The summed E-state index contributed by atoms with van der Waals surface area (Å²) in [5, 5.41) is 0. The first kappa shape index (κ1) is 13.0. The van der Waals surface area contributed by atoms with Crippen LogP contribution in [-0.2, 0) is 14.9 Å². The zero-order valence-electron chi connectivity index (χ0n) is 9.67. The molecule has 0 bridgehead atoms. The molecule has 0 atom stereocenters. The predicted octanol–water partition coefficient (Wildman–Crippen LogP) is 1.76. The number of rotatable bonds is 2. The van der Waals surface area contributed by atoms with E-state index in [2.05, 4.69) is 0 Å². The molecule has 93 valence electrons. The zero-order valence-corrected chi connectivity index (χ0v) is 10.5. The minimum atomic E-state index is -4.20. The Kier molecular flexibility index (Phi) is 3.68. The van der Waals surface area contributed by atoms with Crippen LogP contribution in [0.2, 0.25) is 6.32 Å². The molecule has 6 heteroatoms. The van der Waals surface area contributed by atoms with Crippen LogP contribution in [0.15, 0.2) is 34.7 Å². The monoisotopic (exact) mass is 263 g/mol. The highest BCUT2D eigenvalue weighted by atomic mass is 32.2. The summed E-state index contributed by atoms with van der Waals surface area (Å²) in [5.41, 5.74) is 1.27. The van der Waals surface area contributed by atoms with Crippen molar-refractivity contribution in [1.29, 1.82) is 0 Å². The predicted molar refractivity (Wildman–Crippen MR) is 69.0 cm³/mol. The van der Waals surface area contributed by atoms with Crippen molar-refractivity contribution in [2.24, 2.45) is 0 Å². The summed E-state index contributed by atoms with van der Waals surface area (Å²) in [4.78, 5) is 11.4. The molecule has 1 aromatic carbocycles. The molecule has 0 unspecified atom stereocenters. The van der Waals surface area contributed by atoms with Crippen LogP contribution in [0.1, 0.15) is 18.4 Å². The zero-order chi connectivity index (χ0) is 13.2. The number of carbonyl (C=O) groups is 1. The van der Waals surface area contributed by atoms with E-state index >= 15 is 0 Å². The molecule has 18 heavy (non-hydrogen) atoms. The van der Waals surface area contributed by atoms with Crippen molar-refractivity contribution in [2.75, 3.05) is 0 Å². The molecule has 1 aromatic rings. The molecule has 0 spiro atoms. The molecule has 1 radical (unpaired) electrons. The van der Waals surface area contributed by atoms with E-state index in [0.717, 1.165) is 12.7 Å². The van der Waals surface area contributed by atoms with Crippen molar-refractivity contribution in [3.8, 4) is 0 Å². The minimum absolute atomic E-state index is 0.00138. The van der Waals surface area contributed by atoms with Crippen LogP contribution in [0.4, 0.5) is 0 Å². The maximum Gasteiger partial charge on any atom is 0.294 e. The van der Waals surface area contributed by atoms with E-state index in [1.165, 1.54) is 18.2 Å². The van der Waals surface area contributed by atoms with Gasteiger partial charge in [0.25, 0.3) is 10.1 Å². The third-order valence-corrected chi connectivity index (χ3v) is 3.64. The summed E-state index contributed by atoms with van der Waals surface area (Å²) >= 11 is 0. The van der Waals surface area contributed by atoms with E-state index in [0.29, 0.717) is 17.6 Å². The van der Waals surface area contributed by atoms with E-state index < -0.39 is 10.1 Å². The minimum Gasteiger partial charge on any atom is -0.307 e. The fraction of sp³-hybridized carbons (Fsp3) is 0.250. The van der Waals surface area contributed by atoms with Gasteiger partial charge in [0.1, 0.15) is 5.68 Å². The van der Waals surface area contributed by atoms with Gasteiger partial charge in [-0.15, -0.1) is 0 Å². The van der Waals surface area contributed by atoms with Gasteiger partial charge in [0.2, 0.25) is 7.28 Å². The van der Waals surface area contributed by atoms with E-state index in [1.807, 2.05) is 0 Å². The summed E-state index contributed by atoms with van der Waals surface area (Å²) < 4.78 is 31.0. The molecular formula is C12H12BO4S. The summed E-state index contributed by atoms with van der Waals surface area (Å²) in [6, 6.07) is 5.90. The highest BCUT2D eigenvalue weighted by Gasteiger charge is 2.16. The Hall–Kier alpha value is -1.40. The van der Waals surface area contributed by atoms with Crippen molar-refractivity contribution in [3.05, 3.63) is 35.4 Å². The van der Waals surface area contributed by atoms with Gasteiger partial charge in [-0.25, -0.2) is 0 Å². The maximum atomic E-state index is 11.6. The van der Waals surface area contributed by atoms with E-state index in [4.69, 9.17) is 4.55 Å². The molecule has 0 aromatic heterocycles. The maximum absolute atomic E-state index is 11.6. The Morgan fingerprint density at radius 3 is 2.78 bits per heavy atom. The molecule has 1 N–H and O–H groups in total. The van der Waals surface area contributed by atoms with Gasteiger partial charge >= 0.3 is 0 Å². The van der Waals surface area contributed by atoms with Gasteiger partial charge in [-0.05, 0) is 35.8 Å². The topological polar surface area (TPSA) is 71.4 Å². The Bertz CT molecular complexity index is 604. The lowest BCUT2D eigenvalue weighted by molar-refractivity contribution is -0.109. The number of hydrogen-bond donors (Lipinski definition) is 1. The van der Waals surface area contributed by atoms with Gasteiger partial charge in [-0.1, -0.05) is 24.9 Å². The van der Waals surface area contributed by atoms with E-state index in [9.17, 15) is 13.2 Å². The van der Waals surface area contributed by atoms with E-state index in [1.54, 1.807) is 19.4 Å². The van der Waals surface area contributed by atoms with Crippen LogP contribution in [-0.4, -0.2) is 25.9 Å². The Morgan fingerprint density at radius 2 is 2.11 bits per heavy atom. The molecule has 1 aliphatic rings. The highest BCUT2D eigenvalue weighted by molar-refractivity contribution is 7.85. The average Bonchev–Trinajstić information content (AvgIpc) is 2.31. The average molecular weight is 263 g/mol. The first-order valence-electron chi connectivity index (χ1n) is 5.62. The third kappa shape index (κ3) is 3.08. The number of benzene rings is 1. The van der Waals surface area contributed by atoms with Crippen LogP contribution in [0, 0.1) is 0 Å². The Labute approximate surface area is 107 Å². The molecular weight excluding hydrogens is 251 g/mol. The van der Waals surface area contributed by atoms with Gasteiger partial charge in [0, 0.05) is 0 Å². The molecule has 2 rings (SSSR count). The van der Waals surface area contributed by atoms with Gasteiger partial charge in [0.05, 0.1) is 4.90 Å². The van der Waals surface area contributed by atoms with Gasteiger partial charge in [-0.2, -0.15) is 8.42 Å². The van der Waals surface area contributed by atoms with Crippen LogP contribution >= 0.6 is 0 Å². The summed E-state index contributed by atoms with van der Waals surface area (Å²) in [6.45, 7) is 0. The smallest absolute Gasteiger partial charge is 0.294 e. The lowest BCUT2D eigenvalue weighted by Crippen LogP contribution is -2.16. The van der Waals surface area contributed by atoms with Crippen molar-refractivity contribution in [1.82, 2.24) is 0 Å². The molecule has 0 saturated carbocycles. The Balaban J connectivity index is 2.35. The fourth-order valence-corrected chi connectivity index (χ4v) is 2.42. The van der Waals surface area contributed by atoms with Crippen LogP contribution in [0.3, 0.4) is 0 Å². The van der Waals surface area contributed by atoms with Crippen LogP contribution in [0.25, 0.3) is 6.08 Å². The largest absolute Gasteiger partial charge is 0.307 e. The van der Waals surface area contributed by atoms with E-state index in [-0.39, 0.29) is 10.6 Å². The highest BCUT2D eigenvalue weighted by Crippen LogP contribution is 2.20. The van der Waals surface area contributed by atoms with Gasteiger partial charge < -0.3 is 4.79 Å². The Morgan fingerprint density at radius 1 is 1.33 bits per heavy atom. The molecule has 0 aliphatic carbocycles. The standard InChI is InChI=1S/C12H12BO4S/c14-12-10(4-2-6-13-12)7-9-3-1-5-11(8-9)18(15,16)17/h1,3,5,7-8H,2,4,6H2,(H,15,16,17). The summed E-state index contributed by atoms with van der Waals surface area (Å²) in [6.07, 6.45) is 4.09. The normalized spacial score (nSPS) is 18.7. The first-order chi connectivity index (χ1) is 8.47. The molecule has 1 fully saturated rings. The number of carbonyl (C=O) groups excluding carboxylic acids is 1. The lowest BCUT2D eigenvalue weighted by Gasteiger charge is -2.11. The van der Waals surface area contributed by atoms with Crippen LogP contribution in [0.5, 0.6) is 0 Å². The third-order valence-electron chi connectivity index (χ3n) is 2.79. The number of allylic oxidation sites excluding steroid dienone is 1. The summed E-state index contributed by atoms with van der Waals surface area (Å²) in [7, 11) is -2.56. The van der Waals surface area contributed by atoms with Gasteiger partial charge in [0.15, 0.2) is 0 Å². The second kappa shape index (κ2) is 5.08. The SMILES string of the molecule is O=C1[B]CCCC1=Cc1cccc(S(=O)(=O)O)c1. The van der Waals surface area contributed by atoms with Crippen molar-refractivity contribution in [2.45, 2.75) is 24.1 Å². The first-order valence-corrected chi connectivity index (χ1v) is 7.06. The number of hydrogen-bond acceptors (Lipinski definition) is 3. The van der Waals surface area contributed by atoms with Crippen molar-refractivity contribution < 1.29 is 17.8 Å². The quantitative estimate of drug-likeness (QED) is 0.501. The lowest BCUT2D eigenvalue weighted by atomic mass is 9.61. The second-order valence-electron chi connectivity index (χ2n) is 4.18.